The molecule has 29 heavy (non-hydrogen) atoms. The van der Waals surface area contributed by atoms with Crippen molar-refractivity contribution in [1.29, 1.82) is 5.26 Å². The van der Waals surface area contributed by atoms with Gasteiger partial charge in [-0.3, -0.25) is 4.79 Å². The minimum Gasteiger partial charge on any atom is -0.497 e. The van der Waals surface area contributed by atoms with Crippen molar-refractivity contribution in [2.75, 3.05) is 12.0 Å². The molecule has 0 saturated heterocycles. The van der Waals surface area contributed by atoms with Crippen LogP contribution < -0.4 is 9.64 Å². The third kappa shape index (κ3) is 4.30. The molecule has 0 saturated carbocycles. The van der Waals surface area contributed by atoms with Gasteiger partial charge in [0.05, 0.1) is 7.11 Å². The smallest absolute Gasteiger partial charge is 0.349 e. The minimum absolute atomic E-state index is 0.0219. The molecule has 0 radical (unpaired) electrons. The second-order valence-corrected chi connectivity index (χ2v) is 6.88. The Hall–Kier alpha value is -3.59. The van der Waals surface area contributed by atoms with Crippen LogP contribution in [0.15, 0.2) is 54.1 Å². The van der Waals surface area contributed by atoms with E-state index in [2.05, 4.69) is 0 Å². The zero-order chi connectivity index (χ0) is 21.0. The van der Waals surface area contributed by atoms with E-state index in [1.807, 2.05) is 37.3 Å². The van der Waals surface area contributed by atoms with Gasteiger partial charge in [-0.25, -0.2) is 4.79 Å². The highest BCUT2D eigenvalue weighted by atomic mass is 16.5. The lowest BCUT2D eigenvalue weighted by atomic mass is 10.1. The van der Waals surface area contributed by atoms with Crippen molar-refractivity contribution < 1.29 is 19.1 Å². The molecule has 0 spiro atoms. The summed E-state index contributed by atoms with van der Waals surface area (Å²) in [5.74, 6) is -0.468. The van der Waals surface area contributed by atoms with Gasteiger partial charge >= 0.3 is 5.97 Å². The van der Waals surface area contributed by atoms with Gasteiger partial charge in [-0.1, -0.05) is 30.3 Å². The number of anilines is 1. The molecule has 6 heteroatoms. The molecule has 0 unspecified atom stereocenters. The van der Waals surface area contributed by atoms with E-state index in [9.17, 15) is 14.9 Å². The maximum absolute atomic E-state index is 12.9. The quantitative estimate of drug-likeness (QED) is 0.443. The predicted octanol–water partition coefficient (Wildman–Crippen LogP) is 3.51. The molecule has 0 fully saturated rings. The van der Waals surface area contributed by atoms with Crippen molar-refractivity contribution in [3.63, 3.8) is 0 Å². The van der Waals surface area contributed by atoms with Crippen LogP contribution in [0.4, 0.5) is 5.69 Å². The molecule has 2 aromatic carbocycles. The molecule has 1 heterocycles. The fourth-order valence-electron chi connectivity index (χ4n) is 3.38. The van der Waals surface area contributed by atoms with Crippen molar-refractivity contribution >= 4 is 23.6 Å². The monoisotopic (exact) mass is 390 g/mol. The maximum atomic E-state index is 12.9. The van der Waals surface area contributed by atoms with Gasteiger partial charge < -0.3 is 14.4 Å². The number of amides is 1. The summed E-state index contributed by atoms with van der Waals surface area (Å²) < 4.78 is 10.4. The molecule has 1 aliphatic rings. The predicted molar refractivity (Wildman–Crippen MR) is 109 cm³/mol. The molecule has 0 N–H and O–H groups in total. The second-order valence-electron chi connectivity index (χ2n) is 6.88. The van der Waals surface area contributed by atoms with Gasteiger partial charge in [0.25, 0.3) is 5.91 Å². The van der Waals surface area contributed by atoms with Crippen LogP contribution in [0.2, 0.25) is 0 Å². The van der Waals surface area contributed by atoms with Gasteiger partial charge in [-0.15, -0.1) is 0 Å². The highest BCUT2D eigenvalue weighted by Gasteiger charge is 2.34. The normalized spacial score (nSPS) is 16.6. The number of para-hydroxylation sites is 1. The number of carbonyl (C=O) groups excluding carboxylic acids is 2. The Bertz CT molecular complexity index is 989. The first-order valence-corrected chi connectivity index (χ1v) is 9.32. The summed E-state index contributed by atoms with van der Waals surface area (Å²) in [7, 11) is 1.56. The average Bonchev–Trinajstić information content (AvgIpc) is 3.07. The van der Waals surface area contributed by atoms with Gasteiger partial charge in [0.1, 0.15) is 17.4 Å². The molecule has 1 amide bonds. The minimum atomic E-state index is -1.01. The first kappa shape index (κ1) is 20.2. The van der Waals surface area contributed by atoms with E-state index >= 15 is 0 Å². The number of carbonyl (C=O) groups is 2. The number of benzene rings is 2. The number of esters is 1. The van der Waals surface area contributed by atoms with Gasteiger partial charge in [0.15, 0.2) is 6.10 Å². The summed E-state index contributed by atoms with van der Waals surface area (Å²) in [6.07, 6.45) is 1.17. The zero-order valence-electron chi connectivity index (χ0n) is 16.6. The van der Waals surface area contributed by atoms with Gasteiger partial charge in [-0.2, -0.15) is 5.26 Å². The van der Waals surface area contributed by atoms with Gasteiger partial charge in [0.2, 0.25) is 0 Å². The maximum Gasteiger partial charge on any atom is 0.349 e. The largest absolute Gasteiger partial charge is 0.497 e. The number of nitrogens with zero attached hydrogens (tertiary/aromatic N) is 2. The van der Waals surface area contributed by atoms with Crippen LogP contribution in [0.5, 0.6) is 5.75 Å². The van der Waals surface area contributed by atoms with Crippen LogP contribution >= 0.6 is 0 Å². The highest BCUT2D eigenvalue weighted by molar-refractivity contribution is 6.03. The highest BCUT2D eigenvalue weighted by Crippen LogP contribution is 2.32. The summed E-state index contributed by atoms with van der Waals surface area (Å²) in [6, 6.07) is 16.4. The topological polar surface area (TPSA) is 79.6 Å². The molecule has 0 aromatic heterocycles. The molecule has 2 atom stereocenters. The molecule has 0 bridgehead atoms. The fourth-order valence-corrected chi connectivity index (χ4v) is 3.38. The molecular formula is C23H22N2O4. The van der Waals surface area contributed by atoms with E-state index in [1.54, 1.807) is 36.3 Å². The van der Waals surface area contributed by atoms with Crippen molar-refractivity contribution in [3.8, 4) is 11.8 Å². The van der Waals surface area contributed by atoms with E-state index in [0.717, 1.165) is 17.7 Å². The number of nitriles is 1. The SMILES string of the molecule is COc1ccc(/C=C(\C#N)C(=O)O[C@@H](C)C(=O)N2c3ccccc3C[C@@H]2C)cc1. The standard InChI is InChI=1S/C23H22N2O4/c1-15-12-18-6-4-5-7-21(18)25(15)22(26)16(2)29-23(27)19(14-24)13-17-8-10-20(28-3)11-9-17/h4-11,13,15-16H,12H2,1-3H3/b19-13+/t15-,16-/m0/s1. The molecule has 148 valence electrons. The van der Waals surface area contributed by atoms with Crippen LogP contribution in [0.1, 0.15) is 25.0 Å². The molecule has 6 nitrogen and oxygen atoms in total. The second kappa shape index (κ2) is 8.61. The van der Waals surface area contributed by atoms with E-state index in [-0.39, 0.29) is 17.5 Å². The molecule has 2 aromatic rings. The van der Waals surface area contributed by atoms with Crippen molar-refractivity contribution in [3.05, 3.63) is 65.2 Å². The Labute approximate surface area is 170 Å². The number of rotatable bonds is 5. The number of fused-ring (bicyclic) bond motifs is 1. The van der Waals surface area contributed by atoms with Crippen molar-refractivity contribution in [2.45, 2.75) is 32.4 Å². The first-order chi connectivity index (χ1) is 13.9. The molecule has 0 aliphatic carbocycles. The lowest BCUT2D eigenvalue weighted by Gasteiger charge is -2.25. The van der Waals surface area contributed by atoms with Crippen molar-refractivity contribution in [2.24, 2.45) is 0 Å². The average molecular weight is 390 g/mol. The van der Waals surface area contributed by atoms with Crippen LogP contribution in [-0.4, -0.2) is 31.1 Å². The summed E-state index contributed by atoms with van der Waals surface area (Å²) >= 11 is 0. The van der Waals surface area contributed by atoms with Crippen LogP contribution in [0, 0.1) is 11.3 Å². The van der Waals surface area contributed by atoms with Gasteiger partial charge in [0, 0.05) is 11.7 Å². The third-order valence-corrected chi connectivity index (χ3v) is 4.84. The van der Waals surface area contributed by atoms with E-state index in [1.165, 1.54) is 13.0 Å². The Morgan fingerprint density at radius 2 is 1.90 bits per heavy atom. The van der Waals surface area contributed by atoms with Crippen LogP contribution in [0.3, 0.4) is 0 Å². The Kier molecular flexibility index (Phi) is 5.99. The third-order valence-electron chi connectivity index (χ3n) is 4.84. The first-order valence-electron chi connectivity index (χ1n) is 9.32. The van der Waals surface area contributed by atoms with Crippen LogP contribution in [0.25, 0.3) is 6.08 Å². The van der Waals surface area contributed by atoms with Crippen molar-refractivity contribution in [1.82, 2.24) is 0 Å². The Morgan fingerprint density at radius 3 is 2.55 bits per heavy atom. The molecular weight excluding hydrogens is 368 g/mol. The Balaban J connectivity index is 1.72. The zero-order valence-corrected chi connectivity index (χ0v) is 16.6. The van der Waals surface area contributed by atoms with E-state index < -0.39 is 12.1 Å². The number of ether oxygens (including phenoxy) is 2. The summed E-state index contributed by atoms with van der Waals surface area (Å²) in [5.41, 5.74) is 2.40. The molecule has 3 rings (SSSR count). The number of methoxy groups -OCH3 is 1. The summed E-state index contributed by atoms with van der Waals surface area (Å²) in [4.78, 5) is 27.0. The fraction of sp³-hybridized carbons (Fsp3) is 0.261. The van der Waals surface area contributed by atoms with E-state index in [0.29, 0.717) is 11.3 Å². The number of hydrogen-bond donors (Lipinski definition) is 0. The van der Waals surface area contributed by atoms with Crippen LogP contribution in [-0.2, 0) is 20.7 Å². The lowest BCUT2D eigenvalue weighted by molar-refractivity contribution is -0.149. The molecule has 1 aliphatic heterocycles. The number of hydrogen-bond acceptors (Lipinski definition) is 5. The Morgan fingerprint density at radius 1 is 1.21 bits per heavy atom. The summed E-state index contributed by atoms with van der Waals surface area (Å²) in [6.45, 7) is 3.48. The van der Waals surface area contributed by atoms with E-state index in [4.69, 9.17) is 9.47 Å². The summed E-state index contributed by atoms with van der Waals surface area (Å²) in [5, 5.41) is 9.35. The lowest BCUT2D eigenvalue weighted by Crippen LogP contribution is -2.43. The van der Waals surface area contributed by atoms with Gasteiger partial charge in [-0.05, 0) is 55.7 Å².